The number of methoxy groups -OCH3 is 1. The molecule has 0 spiro atoms. The third-order valence-electron chi connectivity index (χ3n) is 3.02. The maximum atomic E-state index is 12.3. The largest absolute Gasteiger partial charge is 1.00 e. The van der Waals surface area contributed by atoms with Crippen LogP contribution >= 0.6 is 0 Å². The van der Waals surface area contributed by atoms with E-state index >= 15 is 0 Å². The monoisotopic (exact) mass is 334 g/mol. The van der Waals surface area contributed by atoms with Gasteiger partial charge in [-0.1, -0.05) is 17.2 Å². The van der Waals surface area contributed by atoms with Gasteiger partial charge in [0.15, 0.2) is 0 Å². The summed E-state index contributed by atoms with van der Waals surface area (Å²) in [4.78, 5) is 16.6. The molecule has 3 rings (SSSR count). The molecular weight excluding hydrogens is 321 g/mol. The van der Waals surface area contributed by atoms with E-state index < -0.39 is 5.91 Å². The van der Waals surface area contributed by atoms with Crippen molar-refractivity contribution in [2.24, 2.45) is 0 Å². The smallest absolute Gasteiger partial charge is 0.497 e. The van der Waals surface area contributed by atoms with Gasteiger partial charge in [-0.25, -0.2) is 4.98 Å². The van der Waals surface area contributed by atoms with Crippen LogP contribution in [0.25, 0.3) is 11.3 Å². The predicted molar refractivity (Wildman–Crippen MR) is 82.8 cm³/mol. The number of hydrogen-bond acceptors (Lipinski definition) is 7. The van der Waals surface area contributed by atoms with Gasteiger partial charge < -0.3 is 10.5 Å². The maximum absolute atomic E-state index is 12.3. The van der Waals surface area contributed by atoms with Gasteiger partial charge in [0.25, 0.3) is 11.9 Å². The summed E-state index contributed by atoms with van der Waals surface area (Å²) in [5, 5.41) is 15.4. The molecule has 4 N–H and O–H groups in total. The minimum atomic E-state index is -0.476. The van der Waals surface area contributed by atoms with E-state index in [1.165, 1.54) is 13.2 Å². The number of nitrogens with two attached hydrogens (primary N) is 1. The Hall–Kier alpha value is -2.49. The molecule has 0 aliphatic heterocycles. The number of H-pyrrole nitrogens is 1. The first-order valence-corrected chi connectivity index (χ1v) is 6.62. The standard InChI is InChI=1S/C14H13N7O2.Na/c1-23-10-6-11(8-3-2-4-9(15)5-8)16-12(7-10)13(22)17-14-18-20-21-19-14;/h2-7H,15H2,1H3,(H2,17,18,19,20,21,22);/q;+1. The average Bonchev–Trinajstić information content (AvgIpc) is 3.07. The van der Waals surface area contributed by atoms with Crippen LogP contribution in [0, 0.1) is 0 Å². The zero-order chi connectivity index (χ0) is 16.2. The Morgan fingerprint density at radius 2 is 2.12 bits per heavy atom. The molecule has 0 aliphatic rings. The zero-order valence-electron chi connectivity index (χ0n) is 13.1. The number of aromatic amines is 1. The molecule has 2 heterocycles. The summed E-state index contributed by atoms with van der Waals surface area (Å²) in [6.45, 7) is 0. The fraction of sp³-hybridized carbons (Fsp3) is 0.0714. The molecule has 0 bridgehead atoms. The molecule has 0 aliphatic carbocycles. The van der Waals surface area contributed by atoms with Crippen molar-refractivity contribution >= 4 is 17.5 Å². The Morgan fingerprint density at radius 3 is 2.79 bits per heavy atom. The van der Waals surface area contributed by atoms with Crippen molar-refractivity contribution in [3.8, 4) is 17.0 Å². The van der Waals surface area contributed by atoms with E-state index in [9.17, 15) is 4.79 Å². The third-order valence-corrected chi connectivity index (χ3v) is 3.02. The van der Waals surface area contributed by atoms with Crippen LogP contribution in [-0.2, 0) is 0 Å². The number of ether oxygens (including phenoxy) is 1. The Labute approximate surface area is 159 Å². The number of rotatable bonds is 4. The summed E-state index contributed by atoms with van der Waals surface area (Å²) >= 11 is 0. The number of carbonyl (C=O) groups excluding carboxylic acids is 1. The van der Waals surface area contributed by atoms with E-state index in [0.717, 1.165) is 5.56 Å². The molecule has 3 aromatic rings. The second kappa shape index (κ2) is 7.86. The molecule has 0 radical (unpaired) electrons. The molecule has 0 fully saturated rings. The zero-order valence-corrected chi connectivity index (χ0v) is 15.1. The fourth-order valence-electron chi connectivity index (χ4n) is 1.97. The van der Waals surface area contributed by atoms with Gasteiger partial charge in [0.2, 0.25) is 0 Å². The van der Waals surface area contributed by atoms with Crippen LogP contribution in [0.1, 0.15) is 10.5 Å². The number of pyridine rings is 1. The molecule has 0 unspecified atom stereocenters. The molecule has 0 saturated heterocycles. The Kier molecular flexibility index (Phi) is 5.85. The van der Waals surface area contributed by atoms with Gasteiger partial charge in [-0.2, -0.15) is 5.21 Å². The van der Waals surface area contributed by atoms with Gasteiger partial charge in [-0.15, -0.1) is 5.10 Å². The number of benzene rings is 1. The minimum absolute atomic E-state index is 0. The first-order valence-electron chi connectivity index (χ1n) is 6.62. The summed E-state index contributed by atoms with van der Waals surface area (Å²) < 4.78 is 5.23. The molecule has 116 valence electrons. The Morgan fingerprint density at radius 1 is 1.29 bits per heavy atom. The topological polar surface area (TPSA) is 132 Å². The van der Waals surface area contributed by atoms with Crippen LogP contribution in [0.5, 0.6) is 5.75 Å². The summed E-state index contributed by atoms with van der Waals surface area (Å²) in [6, 6.07) is 10.4. The fourth-order valence-corrected chi connectivity index (χ4v) is 1.97. The van der Waals surface area contributed by atoms with Crippen molar-refractivity contribution in [2.45, 2.75) is 0 Å². The summed E-state index contributed by atoms with van der Waals surface area (Å²) in [6.07, 6.45) is 0. The molecular formula is C14H13N7NaO2+. The number of anilines is 2. The number of nitrogens with zero attached hydrogens (tertiary/aromatic N) is 4. The molecule has 1 aromatic carbocycles. The SMILES string of the molecule is COc1cc(C(=O)Nc2nn[nH]n2)nc(-c2cccc(N)c2)c1.[Na+]. The normalized spacial score (nSPS) is 9.88. The van der Waals surface area contributed by atoms with Crippen LogP contribution in [0.4, 0.5) is 11.6 Å². The van der Waals surface area contributed by atoms with Crippen molar-refractivity contribution in [1.29, 1.82) is 0 Å². The van der Waals surface area contributed by atoms with Crippen molar-refractivity contribution < 1.29 is 39.1 Å². The Balaban J connectivity index is 0.00000208. The van der Waals surface area contributed by atoms with E-state index in [4.69, 9.17) is 10.5 Å². The van der Waals surface area contributed by atoms with Gasteiger partial charge in [0.05, 0.1) is 12.8 Å². The first kappa shape index (κ1) is 17.9. The van der Waals surface area contributed by atoms with E-state index in [1.54, 1.807) is 18.2 Å². The van der Waals surface area contributed by atoms with Gasteiger partial charge in [-0.3, -0.25) is 10.1 Å². The van der Waals surface area contributed by atoms with E-state index in [0.29, 0.717) is 17.1 Å². The number of nitrogens with one attached hydrogen (secondary N) is 2. The number of carbonyl (C=O) groups is 1. The van der Waals surface area contributed by atoms with Crippen LogP contribution < -0.4 is 45.3 Å². The van der Waals surface area contributed by atoms with E-state index in [1.807, 2.05) is 12.1 Å². The van der Waals surface area contributed by atoms with Crippen LogP contribution in [0.3, 0.4) is 0 Å². The molecule has 1 amide bonds. The predicted octanol–water partition coefficient (Wildman–Crippen LogP) is -1.89. The molecule has 10 heteroatoms. The Bertz CT molecular complexity index is 839. The van der Waals surface area contributed by atoms with Crippen molar-refractivity contribution in [3.63, 3.8) is 0 Å². The second-order valence-corrected chi connectivity index (χ2v) is 4.59. The minimum Gasteiger partial charge on any atom is -0.497 e. The molecule has 24 heavy (non-hydrogen) atoms. The molecule has 0 saturated carbocycles. The van der Waals surface area contributed by atoms with Crippen molar-refractivity contribution in [3.05, 3.63) is 42.1 Å². The average molecular weight is 334 g/mol. The summed E-state index contributed by atoms with van der Waals surface area (Å²) in [7, 11) is 1.51. The number of amides is 1. The molecule has 0 atom stereocenters. The quantitative estimate of drug-likeness (QED) is 0.375. The second-order valence-electron chi connectivity index (χ2n) is 4.59. The number of tetrazole rings is 1. The van der Waals surface area contributed by atoms with Crippen molar-refractivity contribution in [2.75, 3.05) is 18.2 Å². The summed E-state index contributed by atoms with van der Waals surface area (Å²) in [5.74, 6) is 0.0799. The van der Waals surface area contributed by atoms with Gasteiger partial charge >= 0.3 is 29.6 Å². The number of hydrogen-bond donors (Lipinski definition) is 3. The van der Waals surface area contributed by atoms with Crippen LogP contribution in [0.15, 0.2) is 36.4 Å². The first-order chi connectivity index (χ1) is 11.2. The van der Waals surface area contributed by atoms with Crippen molar-refractivity contribution in [1.82, 2.24) is 25.6 Å². The summed E-state index contributed by atoms with van der Waals surface area (Å²) in [5.41, 5.74) is 7.89. The third kappa shape index (κ3) is 4.07. The van der Waals surface area contributed by atoms with Crippen LogP contribution in [0.2, 0.25) is 0 Å². The number of nitrogen functional groups attached to an aromatic ring is 1. The van der Waals surface area contributed by atoms with E-state index in [2.05, 4.69) is 30.9 Å². The molecule has 2 aromatic heterocycles. The van der Waals surface area contributed by atoms with Crippen LogP contribution in [-0.4, -0.2) is 38.6 Å². The van der Waals surface area contributed by atoms with E-state index in [-0.39, 0.29) is 41.2 Å². The van der Waals surface area contributed by atoms with Gasteiger partial charge in [0, 0.05) is 23.4 Å². The van der Waals surface area contributed by atoms with Gasteiger partial charge in [-0.05, 0) is 17.3 Å². The molecule has 9 nitrogen and oxygen atoms in total. The number of aromatic nitrogens is 5. The maximum Gasteiger partial charge on any atom is 1.00 e. The van der Waals surface area contributed by atoms with Gasteiger partial charge in [0.1, 0.15) is 11.4 Å².